The topological polar surface area (TPSA) is 63.4 Å². The van der Waals surface area contributed by atoms with Crippen molar-refractivity contribution >= 4 is 16.7 Å². The Bertz CT molecular complexity index is 1220. The summed E-state index contributed by atoms with van der Waals surface area (Å²) in [5.74, 6) is 2.06. The lowest BCUT2D eigenvalue weighted by molar-refractivity contribution is -0.702. The zero-order valence-electron chi connectivity index (χ0n) is 15.2. The number of aromatic nitrogens is 4. The van der Waals surface area contributed by atoms with Crippen LogP contribution in [-0.4, -0.2) is 9.97 Å². The van der Waals surface area contributed by atoms with Crippen LogP contribution < -0.4 is 8.97 Å². The first-order valence-corrected chi connectivity index (χ1v) is 8.61. The molecule has 4 rings (SSSR count). The fraction of sp³-hybridized carbons (Fsp3) is 0.190. The van der Waals surface area contributed by atoms with Gasteiger partial charge in [-0.25, -0.2) is 4.98 Å². The summed E-state index contributed by atoms with van der Waals surface area (Å²) in [6.07, 6.45) is 4.66. The van der Waals surface area contributed by atoms with Crippen LogP contribution in [0.3, 0.4) is 0 Å². The molecule has 0 saturated heterocycles. The van der Waals surface area contributed by atoms with Crippen LogP contribution in [0.2, 0.25) is 0 Å². The number of benzene rings is 1. The monoisotopic (exact) mass is 343 g/mol. The number of nitrogens with zero attached hydrogens (tertiary/aromatic N) is 3. The van der Waals surface area contributed by atoms with E-state index in [0.29, 0.717) is 5.56 Å². The van der Waals surface area contributed by atoms with Gasteiger partial charge in [-0.05, 0) is 31.5 Å². The lowest BCUT2D eigenvalue weighted by Crippen LogP contribution is -2.46. The second kappa shape index (κ2) is 5.85. The van der Waals surface area contributed by atoms with E-state index < -0.39 is 0 Å². The van der Waals surface area contributed by atoms with E-state index in [1.807, 2.05) is 51.4 Å². The second-order valence-electron chi connectivity index (χ2n) is 6.79. The predicted octanol–water partition coefficient (Wildman–Crippen LogP) is 3.12. The molecule has 0 radical (unpaired) electrons. The van der Waals surface area contributed by atoms with Gasteiger partial charge >= 0.3 is 11.5 Å². The first-order valence-electron chi connectivity index (χ1n) is 8.61. The van der Waals surface area contributed by atoms with Gasteiger partial charge in [0.2, 0.25) is 16.9 Å². The van der Waals surface area contributed by atoms with Crippen molar-refractivity contribution in [2.75, 3.05) is 0 Å². The third kappa shape index (κ3) is 2.23. The molecule has 3 aromatic heterocycles. The second-order valence-corrected chi connectivity index (χ2v) is 6.79. The molecule has 0 unspecified atom stereocenters. The predicted molar refractivity (Wildman–Crippen MR) is 100 cm³/mol. The van der Waals surface area contributed by atoms with Gasteiger partial charge in [-0.3, -0.25) is 0 Å². The number of aryl methyl sites for hydroxylation is 1. The molecule has 0 aliphatic carbocycles. The molecule has 128 valence electrons. The van der Waals surface area contributed by atoms with Crippen LogP contribution in [0, 0.1) is 25.2 Å². The van der Waals surface area contributed by atoms with Gasteiger partial charge in [0, 0.05) is 13.3 Å². The first-order chi connectivity index (χ1) is 12.5. The van der Waals surface area contributed by atoms with Crippen LogP contribution >= 0.6 is 0 Å². The van der Waals surface area contributed by atoms with Crippen molar-refractivity contribution in [1.29, 1.82) is 5.26 Å². The minimum atomic E-state index is 0.676. The minimum Gasteiger partial charge on any atom is -0.322 e. The van der Waals surface area contributed by atoms with E-state index in [4.69, 9.17) is 0 Å². The van der Waals surface area contributed by atoms with Crippen molar-refractivity contribution in [3.05, 3.63) is 71.3 Å². The van der Waals surface area contributed by atoms with Gasteiger partial charge in [-0.2, -0.15) is 9.83 Å². The van der Waals surface area contributed by atoms with E-state index in [1.54, 1.807) is 0 Å². The number of hydrogen-bond donors (Lipinski definition) is 2. The molecule has 0 saturated carbocycles. The van der Waals surface area contributed by atoms with Crippen LogP contribution in [0.1, 0.15) is 29.4 Å². The summed E-state index contributed by atoms with van der Waals surface area (Å²) >= 11 is 0. The molecular formula is C21H21N5+2. The van der Waals surface area contributed by atoms with Crippen molar-refractivity contribution in [2.45, 2.75) is 27.2 Å². The molecule has 0 aliphatic heterocycles. The van der Waals surface area contributed by atoms with Crippen molar-refractivity contribution in [3.63, 3.8) is 0 Å². The number of pyridine rings is 1. The summed E-state index contributed by atoms with van der Waals surface area (Å²) in [5.41, 5.74) is 6.71. The van der Waals surface area contributed by atoms with Gasteiger partial charge in [0.05, 0.1) is 11.8 Å². The molecule has 0 fully saturated rings. The molecule has 0 bridgehead atoms. The number of rotatable bonds is 3. The van der Waals surface area contributed by atoms with E-state index in [2.05, 4.69) is 37.7 Å². The molecule has 26 heavy (non-hydrogen) atoms. The average Bonchev–Trinajstić information content (AvgIpc) is 3.19. The van der Waals surface area contributed by atoms with Gasteiger partial charge in [0.25, 0.3) is 0 Å². The zero-order chi connectivity index (χ0) is 18.4. The molecule has 5 heteroatoms. The minimum absolute atomic E-state index is 0.676. The summed E-state index contributed by atoms with van der Waals surface area (Å²) in [6.45, 7) is 10.2. The van der Waals surface area contributed by atoms with Crippen LogP contribution in [0.4, 0.5) is 0 Å². The van der Waals surface area contributed by atoms with E-state index in [1.165, 1.54) is 0 Å². The van der Waals surface area contributed by atoms with E-state index >= 15 is 0 Å². The van der Waals surface area contributed by atoms with E-state index in [0.717, 1.165) is 51.4 Å². The standard InChI is InChI=1S/C21H19N5/c1-13(2)11-16-14(3)17(12-22)20-24-18-7-5-6-8-19(18)26(20)21(16)25-10-9-23-15(25)4/h5-10H,1,11H2,2-4H3/p+2. The first kappa shape index (κ1) is 16.1. The maximum Gasteiger partial charge on any atom is 0.362 e. The number of nitrogens with one attached hydrogen (secondary N) is 2. The summed E-state index contributed by atoms with van der Waals surface area (Å²) in [7, 11) is 0. The zero-order valence-corrected chi connectivity index (χ0v) is 15.2. The Labute approximate surface area is 151 Å². The fourth-order valence-corrected chi connectivity index (χ4v) is 3.65. The normalized spacial score (nSPS) is 11.2. The summed E-state index contributed by atoms with van der Waals surface area (Å²) in [4.78, 5) is 6.69. The number of imidazole rings is 2. The Hall–Kier alpha value is -3.39. The summed E-state index contributed by atoms with van der Waals surface area (Å²) < 4.78 is 4.29. The molecule has 0 atom stereocenters. The van der Waals surface area contributed by atoms with Crippen molar-refractivity contribution in [1.82, 2.24) is 9.97 Å². The number of hydrogen-bond acceptors (Lipinski definition) is 1. The maximum absolute atomic E-state index is 9.86. The number of allylic oxidation sites excluding steroid dienone is 1. The maximum atomic E-state index is 9.86. The Morgan fingerprint density at radius 3 is 2.69 bits per heavy atom. The highest BCUT2D eigenvalue weighted by Gasteiger charge is 2.33. The number of para-hydroxylation sites is 2. The SMILES string of the molecule is C=C(C)Cc1c(C)c(C#N)c2[nH]c3ccccc3[n+]2c1-[n+]1cc[nH]c1C. The molecule has 0 amide bonds. The van der Waals surface area contributed by atoms with Crippen LogP contribution in [0.25, 0.3) is 22.5 Å². The molecule has 0 aliphatic rings. The van der Waals surface area contributed by atoms with Gasteiger partial charge in [-0.1, -0.05) is 24.3 Å². The van der Waals surface area contributed by atoms with Gasteiger partial charge in [0.15, 0.2) is 5.56 Å². The van der Waals surface area contributed by atoms with E-state index in [9.17, 15) is 5.26 Å². The third-order valence-corrected chi connectivity index (χ3v) is 4.86. The lowest BCUT2D eigenvalue weighted by atomic mass is 9.99. The van der Waals surface area contributed by atoms with Crippen molar-refractivity contribution < 1.29 is 8.97 Å². The summed E-state index contributed by atoms with van der Waals surface area (Å²) in [5, 5.41) is 9.86. The Morgan fingerprint density at radius 1 is 1.27 bits per heavy atom. The Kier molecular flexibility index (Phi) is 3.62. The Balaban J connectivity index is 2.30. The number of H-pyrrole nitrogens is 2. The molecule has 4 aromatic rings. The molecule has 1 aromatic carbocycles. The number of aromatic amines is 2. The van der Waals surface area contributed by atoms with E-state index in [-0.39, 0.29) is 0 Å². The van der Waals surface area contributed by atoms with Gasteiger partial charge < -0.3 is 4.98 Å². The molecular weight excluding hydrogens is 322 g/mol. The van der Waals surface area contributed by atoms with Gasteiger partial charge in [-0.15, -0.1) is 4.40 Å². The quantitative estimate of drug-likeness (QED) is 0.436. The van der Waals surface area contributed by atoms with Crippen molar-refractivity contribution in [2.24, 2.45) is 0 Å². The average molecular weight is 343 g/mol. The van der Waals surface area contributed by atoms with Crippen LogP contribution in [0.15, 0.2) is 48.8 Å². The Morgan fingerprint density at radius 2 is 2.04 bits per heavy atom. The van der Waals surface area contributed by atoms with Crippen molar-refractivity contribution in [3.8, 4) is 11.9 Å². The van der Waals surface area contributed by atoms with Crippen LogP contribution in [0.5, 0.6) is 0 Å². The highest BCUT2D eigenvalue weighted by molar-refractivity contribution is 5.77. The lowest BCUT2D eigenvalue weighted by Gasteiger charge is -2.09. The molecule has 2 N–H and O–H groups in total. The smallest absolute Gasteiger partial charge is 0.322 e. The third-order valence-electron chi connectivity index (χ3n) is 4.86. The highest BCUT2D eigenvalue weighted by Crippen LogP contribution is 2.24. The molecule has 5 nitrogen and oxygen atoms in total. The largest absolute Gasteiger partial charge is 0.362 e. The van der Waals surface area contributed by atoms with Gasteiger partial charge in [0.1, 0.15) is 12.3 Å². The number of nitriles is 1. The fourth-order valence-electron chi connectivity index (χ4n) is 3.65. The summed E-state index contributed by atoms with van der Waals surface area (Å²) in [6, 6.07) is 10.5. The molecule has 3 heterocycles. The number of fused-ring (bicyclic) bond motifs is 3. The van der Waals surface area contributed by atoms with Crippen LogP contribution in [-0.2, 0) is 6.42 Å². The highest BCUT2D eigenvalue weighted by atomic mass is 15.2. The molecule has 0 spiro atoms.